The fraction of sp³-hybridized carbons (Fsp3) is 0.590. The molecule has 0 saturated carbocycles. The summed E-state index contributed by atoms with van der Waals surface area (Å²) in [5.74, 6) is 0. The van der Waals surface area contributed by atoms with Gasteiger partial charge in [-0.2, -0.15) is 0 Å². The van der Waals surface area contributed by atoms with Crippen molar-refractivity contribution in [2.45, 2.75) is 131 Å². The van der Waals surface area contributed by atoms with Gasteiger partial charge in [0.1, 0.15) is 0 Å². The summed E-state index contributed by atoms with van der Waals surface area (Å²) in [7, 11) is 0. The Kier molecular flexibility index (Phi) is 12.0. The third-order valence-electron chi connectivity index (χ3n) is 11.8. The Morgan fingerprint density at radius 1 is 0.537 bits per heavy atom. The standard InChI is InChI=1S/2C10H9.4C4H9.C3H6.2Zr/c2*1-8-6-9-4-2-3-5-10(9)7-8;4*1-3-4-2;1-3-2;;/h2*2-7H,1H3;4*1,3-4H2,2H3;1-2H3;;. The molecule has 0 aromatic heterocycles. The van der Waals surface area contributed by atoms with Gasteiger partial charge in [0.25, 0.3) is 0 Å². The Morgan fingerprint density at radius 3 is 1.17 bits per heavy atom. The Labute approximate surface area is 263 Å². The summed E-state index contributed by atoms with van der Waals surface area (Å²) < 4.78 is 8.38. The SMILES string of the molecule is CCC[CH2][Zr]([CH2]CCC)([CH]1C(C)=Cc2ccccc21)[C](C)(C)[Zr]([CH2]CCC)([CH2]CCC)[CH]1C(C)=Cc2ccccc21. The van der Waals surface area contributed by atoms with Gasteiger partial charge in [-0.15, -0.1) is 0 Å². The quantitative estimate of drug-likeness (QED) is 0.163. The topological polar surface area (TPSA) is 0 Å². The number of unbranched alkanes of at least 4 members (excludes halogenated alkanes) is 4. The number of benzene rings is 2. The number of rotatable bonds is 16. The van der Waals surface area contributed by atoms with Crippen LogP contribution >= 0.6 is 0 Å². The summed E-state index contributed by atoms with van der Waals surface area (Å²) >= 11 is -6.05. The van der Waals surface area contributed by atoms with Gasteiger partial charge in [-0.25, -0.2) is 0 Å². The molecule has 2 heteroatoms. The van der Waals surface area contributed by atoms with Gasteiger partial charge in [-0.3, -0.25) is 0 Å². The van der Waals surface area contributed by atoms with Crippen molar-refractivity contribution in [3.05, 3.63) is 81.9 Å². The number of hydrogen-bond acceptors (Lipinski definition) is 0. The Bertz CT molecular complexity index is 1110. The van der Waals surface area contributed by atoms with Gasteiger partial charge in [0.2, 0.25) is 0 Å². The summed E-state index contributed by atoms with van der Waals surface area (Å²) in [4.78, 5) is 0. The summed E-state index contributed by atoms with van der Waals surface area (Å²) in [6.45, 7) is 20.8. The van der Waals surface area contributed by atoms with E-state index in [9.17, 15) is 0 Å². The monoisotopic (exact) mass is 708 g/mol. The molecule has 0 radical (unpaired) electrons. The zero-order valence-electron chi connectivity index (χ0n) is 27.9. The number of hydrogen-bond donors (Lipinski definition) is 0. The Morgan fingerprint density at radius 2 is 0.854 bits per heavy atom. The van der Waals surface area contributed by atoms with Crippen molar-refractivity contribution < 1.29 is 40.5 Å². The van der Waals surface area contributed by atoms with Gasteiger partial charge in [-0.05, 0) is 0 Å². The van der Waals surface area contributed by atoms with Crippen LogP contribution in [-0.2, 0) is 40.5 Å². The first-order chi connectivity index (χ1) is 19.7. The minimum atomic E-state index is -3.03. The molecule has 2 aliphatic carbocycles. The second kappa shape index (κ2) is 14.6. The van der Waals surface area contributed by atoms with Crippen molar-refractivity contribution in [2.75, 3.05) is 0 Å². The molecule has 2 atom stereocenters. The van der Waals surface area contributed by atoms with Crippen LogP contribution in [0.4, 0.5) is 0 Å². The second-order valence-electron chi connectivity index (χ2n) is 14.3. The summed E-state index contributed by atoms with van der Waals surface area (Å²) in [5.41, 5.74) is 10.0. The van der Waals surface area contributed by atoms with Gasteiger partial charge in [-0.1, -0.05) is 0 Å². The average Bonchev–Trinajstić information content (AvgIpc) is 3.49. The van der Waals surface area contributed by atoms with Crippen LogP contribution in [0.25, 0.3) is 12.2 Å². The van der Waals surface area contributed by atoms with E-state index in [1.807, 2.05) is 0 Å². The van der Waals surface area contributed by atoms with Gasteiger partial charge < -0.3 is 0 Å². The van der Waals surface area contributed by atoms with Crippen molar-refractivity contribution in [2.24, 2.45) is 0 Å². The third kappa shape index (κ3) is 6.16. The molecule has 0 aliphatic heterocycles. The van der Waals surface area contributed by atoms with E-state index in [4.69, 9.17) is 0 Å². The van der Waals surface area contributed by atoms with E-state index in [1.54, 1.807) is 49.9 Å². The van der Waals surface area contributed by atoms with E-state index in [1.165, 1.54) is 51.4 Å². The summed E-state index contributed by atoms with van der Waals surface area (Å²) in [6, 6.07) is 19.2. The van der Waals surface area contributed by atoms with Crippen LogP contribution in [0.2, 0.25) is 17.3 Å². The molecule has 224 valence electrons. The molecular weight excluding hydrogens is 651 g/mol. The molecular formula is C39H60Zr2. The maximum absolute atomic E-state index is 3.03. The second-order valence-corrected chi connectivity index (χ2v) is 42.5. The van der Waals surface area contributed by atoms with E-state index >= 15 is 0 Å². The van der Waals surface area contributed by atoms with Crippen molar-refractivity contribution in [3.63, 3.8) is 0 Å². The predicted octanol–water partition coefficient (Wildman–Crippen LogP) is 13.6. The van der Waals surface area contributed by atoms with E-state index < -0.39 is 40.5 Å². The summed E-state index contributed by atoms with van der Waals surface area (Å²) in [5, 5.41) is 0. The van der Waals surface area contributed by atoms with Crippen LogP contribution in [0.1, 0.15) is 136 Å². The normalized spacial score (nSPS) is 18.7. The molecule has 0 fully saturated rings. The molecule has 2 aliphatic rings. The summed E-state index contributed by atoms with van der Waals surface area (Å²) in [6.07, 6.45) is 16.4. The first-order valence-corrected chi connectivity index (χ1v) is 29.5. The predicted molar refractivity (Wildman–Crippen MR) is 179 cm³/mol. The molecule has 0 spiro atoms. The van der Waals surface area contributed by atoms with Crippen LogP contribution in [0, 0.1) is 0 Å². The molecule has 0 nitrogen and oxygen atoms in total. The van der Waals surface area contributed by atoms with Crippen molar-refractivity contribution >= 4 is 12.2 Å². The molecule has 0 N–H and O–H groups in total. The molecule has 41 heavy (non-hydrogen) atoms. The van der Waals surface area contributed by atoms with E-state index in [0.29, 0.717) is 0.831 Å². The molecule has 2 aromatic rings. The van der Waals surface area contributed by atoms with Crippen LogP contribution in [-0.4, -0.2) is 0 Å². The fourth-order valence-electron chi connectivity index (χ4n) is 9.69. The van der Waals surface area contributed by atoms with Crippen LogP contribution in [0.5, 0.6) is 0 Å². The van der Waals surface area contributed by atoms with Crippen LogP contribution < -0.4 is 0 Å². The molecule has 4 rings (SSSR count). The fourth-order valence-corrected chi connectivity index (χ4v) is 70.4. The molecule has 0 heterocycles. The van der Waals surface area contributed by atoms with Crippen LogP contribution in [0.3, 0.4) is 0 Å². The third-order valence-corrected chi connectivity index (χ3v) is 60.0. The van der Waals surface area contributed by atoms with Gasteiger partial charge in [0, 0.05) is 0 Å². The Balaban J connectivity index is 2.04. The maximum atomic E-state index is 2.96. The number of fused-ring (bicyclic) bond motifs is 2. The van der Waals surface area contributed by atoms with Gasteiger partial charge in [0.15, 0.2) is 0 Å². The molecule has 0 amide bonds. The molecule has 2 unspecified atom stereocenters. The number of allylic oxidation sites excluding steroid dienone is 2. The molecule has 0 bridgehead atoms. The molecule has 2 aromatic carbocycles. The van der Waals surface area contributed by atoms with E-state index in [-0.39, 0.29) is 0 Å². The van der Waals surface area contributed by atoms with Crippen molar-refractivity contribution in [3.8, 4) is 0 Å². The van der Waals surface area contributed by atoms with E-state index in [2.05, 4.69) is 116 Å². The minimum absolute atomic E-state index is 0.548. The van der Waals surface area contributed by atoms with Gasteiger partial charge in [0.05, 0.1) is 0 Å². The van der Waals surface area contributed by atoms with Crippen molar-refractivity contribution in [1.29, 1.82) is 0 Å². The van der Waals surface area contributed by atoms with Crippen molar-refractivity contribution in [1.82, 2.24) is 0 Å². The zero-order chi connectivity index (χ0) is 29.7. The Hall–Kier alpha value is -0.314. The first-order valence-electron chi connectivity index (χ1n) is 17.3. The molecule has 0 saturated heterocycles. The van der Waals surface area contributed by atoms with E-state index in [0.717, 1.165) is 7.25 Å². The van der Waals surface area contributed by atoms with Crippen LogP contribution in [0.15, 0.2) is 59.7 Å². The average molecular weight is 711 g/mol. The zero-order valence-corrected chi connectivity index (χ0v) is 32.8. The first kappa shape index (κ1) is 33.6. The van der Waals surface area contributed by atoms with Gasteiger partial charge >= 0.3 is 266 Å².